The summed E-state index contributed by atoms with van der Waals surface area (Å²) in [5.41, 5.74) is 0.275. The second-order valence-electron chi connectivity index (χ2n) is 5.63. The van der Waals surface area contributed by atoms with E-state index in [-0.39, 0.29) is 15.5 Å². The van der Waals surface area contributed by atoms with Crippen LogP contribution in [0.15, 0.2) is 23.1 Å². The third kappa shape index (κ3) is 3.97. The lowest BCUT2D eigenvalue weighted by molar-refractivity contribution is 0.257. The summed E-state index contributed by atoms with van der Waals surface area (Å²) in [7, 11) is -3.57. The molecule has 1 saturated carbocycles. The maximum Gasteiger partial charge on any atom is 0.240 e. The Morgan fingerprint density at radius 1 is 1.38 bits per heavy atom. The molecule has 2 rings (SSSR count). The highest BCUT2D eigenvalue weighted by atomic mass is 35.5. The van der Waals surface area contributed by atoms with E-state index in [0.29, 0.717) is 18.4 Å². The van der Waals surface area contributed by atoms with E-state index in [1.807, 2.05) is 6.07 Å². The van der Waals surface area contributed by atoms with Crippen LogP contribution in [-0.2, 0) is 10.0 Å². The van der Waals surface area contributed by atoms with Gasteiger partial charge in [0.2, 0.25) is 10.0 Å². The van der Waals surface area contributed by atoms with Gasteiger partial charge in [0.25, 0.3) is 0 Å². The molecule has 1 fully saturated rings. The Labute approximate surface area is 131 Å². The lowest BCUT2D eigenvalue weighted by Crippen LogP contribution is -2.33. The average molecular weight is 327 g/mol. The van der Waals surface area contributed by atoms with E-state index in [2.05, 4.69) is 11.6 Å². The molecule has 1 aliphatic carbocycles. The first-order valence-electron chi connectivity index (χ1n) is 7.13. The van der Waals surface area contributed by atoms with Gasteiger partial charge in [-0.3, -0.25) is 0 Å². The molecule has 1 aromatic rings. The van der Waals surface area contributed by atoms with Gasteiger partial charge in [-0.2, -0.15) is 5.26 Å². The van der Waals surface area contributed by atoms with E-state index in [1.54, 1.807) is 0 Å². The molecule has 0 saturated heterocycles. The minimum Gasteiger partial charge on any atom is -0.211 e. The first-order valence-corrected chi connectivity index (χ1v) is 8.99. The van der Waals surface area contributed by atoms with Crippen molar-refractivity contribution in [1.82, 2.24) is 4.72 Å². The number of sulfonamides is 1. The number of rotatable bonds is 4. The molecule has 0 amide bonds. The fourth-order valence-electron chi connectivity index (χ4n) is 2.75. The van der Waals surface area contributed by atoms with Gasteiger partial charge in [-0.25, -0.2) is 13.1 Å². The minimum absolute atomic E-state index is 0.106. The van der Waals surface area contributed by atoms with Crippen LogP contribution in [0, 0.1) is 23.2 Å². The summed E-state index contributed by atoms with van der Waals surface area (Å²) in [5.74, 6) is 0.938. The number of nitrogens with zero attached hydrogens (tertiary/aromatic N) is 1. The number of hydrogen-bond donors (Lipinski definition) is 1. The summed E-state index contributed by atoms with van der Waals surface area (Å²) in [4.78, 5) is 0.106. The van der Waals surface area contributed by atoms with Crippen molar-refractivity contribution in [3.63, 3.8) is 0 Å². The molecule has 2 atom stereocenters. The Morgan fingerprint density at radius 3 is 2.71 bits per heavy atom. The summed E-state index contributed by atoms with van der Waals surface area (Å²) < 4.78 is 27.2. The predicted octanol–water partition coefficient (Wildman–Crippen LogP) is 3.32. The second-order valence-corrected chi connectivity index (χ2v) is 7.80. The molecule has 0 heterocycles. The lowest BCUT2D eigenvalue weighted by atomic mass is 9.81. The van der Waals surface area contributed by atoms with Gasteiger partial charge in [-0.15, -0.1) is 0 Å². The maximum absolute atomic E-state index is 12.3. The molecule has 0 radical (unpaired) electrons. The third-order valence-electron chi connectivity index (χ3n) is 4.20. The summed E-state index contributed by atoms with van der Waals surface area (Å²) in [5, 5.41) is 8.97. The molecule has 21 heavy (non-hydrogen) atoms. The monoisotopic (exact) mass is 326 g/mol. The second kappa shape index (κ2) is 6.78. The number of hydrogen-bond acceptors (Lipinski definition) is 3. The molecule has 4 nitrogen and oxygen atoms in total. The van der Waals surface area contributed by atoms with Crippen LogP contribution in [0.25, 0.3) is 0 Å². The highest BCUT2D eigenvalue weighted by molar-refractivity contribution is 7.89. The Morgan fingerprint density at radius 2 is 2.10 bits per heavy atom. The zero-order valence-corrected chi connectivity index (χ0v) is 13.5. The van der Waals surface area contributed by atoms with Gasteiger partial charge in [0.15, 0.2) is 0 Å². The van der Waals surface area contributed by atoms with Crippen LogP contribution >= 0.6 is 11.6 Å². The van der Waals surface area contributed by atoms with Crippen molar-refractivity contribution >= 4 is 21.6 Å². The zero-order valence-electron chi connectivity index (χ0n) is 12.0. The molecule has 6 heteroatoms. The van der Waals surface area contributed by atoms with Crippen molar-refractivity contribution < 1.29 is 8.42 Å². The van der Waals surface area contributed by atoms with Crippen molar-refractivity contribution in [3.05, 3.63) is 28.8 Å². The van der Waals surface area contributed by atoms with E-state index in [0.717, 1.165) is 12.8 Å². The molecular formula is C15H19ClN2O2S. The van der Waals surface area contributed by atoms with E-state index in [9.17, 15) is 8.42 Å². The predicted molar refractivity (Wildman–Crippen MR) is 82.5 cm³/mol. The molecule has 0 aromatic heterocycles. The highest BCUT2D eigenvalue weighted by Crippen LogP contribution is 2.29. The Hall–Kier alpha value is -1.09. The molecule has 0 spiro atoms. The van der Waals surface area contributed by atoms with Gasteiger partial charge in [0, 0.05) is 6.54 Å². The zero-order chi connectivity index (χ0) is 15.5. The summed E-state index contributed by atoms with van der Waals surface area (Å²) in [6.45, 7) is 2.64. The molecule has 114 valence electrons. The topological polar surface area (TPSA) is 70.0 Å². The smallest absolute Gasteiger partial charge is 0.211 e. The molecule has 1 aliphatic rings. The van der Waals surface area contributed by atoms with Crippen LogP contribution in [0.5, 0.6) is 0 Å². The van der Waals surface area contributed by atoms with Crippen molar-refractivity contribution in [3.8, 4) is 6.07 Å². The van der Waals surface area contributed by atoms with E-state index < -0.39 is 10.0 Å². The number of nitriles is 1. The Balaban J connectivity index is 2.08. The average Bonchev–Trinajstić information content (AvgIpc) is 2.46. The van der Waals surface area contributed by atoms with Crippen molar-refractivity contribution in [1.29, 1.82) is 5.26 Å². The van der Waals surface area contributed by atoms with Gasteiger partial charge in [0.1, 0.15) is 6.07 Å². The number of nitrogens with one attached hydrogen (secondary N) is 1. The van der Waals surface area contributed by atoms with Crippen LogP contribution in [0.1, 0.15) is 38.2 Å². The normalized spacial score (nSPS) is 22.7. The number of benzene rings is 1. The van der Waals surface area contributed by atoms with Crippen LogP contribution < -0.4 is 4.72 Å². The van der Waals surface area contributed by atoms with Gasteiger partial charge in [0.05, 0.1) is 15.5 Å². The molecule has 0 aliphatic heterocycles. The number of halogens is 1. The van der Waals surface area contributed by atoms with Crippen molar-refractivity contribution in [2.24, 2.45) is 11.8 Å². The Bertz CT molecular complexity index is 652. The lowest BCUT2D eigenvalue weighted by Gasteiger charge is -2.28. The van der Waals surface area contributed by atoms with Gasteiger partial charge < -0.3 is 0 Å². The summed E-state index contributed by atoms with van der Waals surface area (Å²) in [6, 6.07) is 6.09. The SMILES string of the molecule is CC1CCCCC1CNS(=O)(=O)c1ccc(C#N)c(Cl)c1. The molecule has 0 bridgehead atoms. The van der Waals surface area contributed by atoms with Crippen LogP contribution in [0.2, 0.25) is 5.02 Å². The van der Waals surface area contributed by atoms with Crippen LogP contribution in [0.4, 0.5) is 0 Å². The van der Waals surface area contributed by atoms with Gasteiger partial charge >= 0.3 is 0 Å². The Kier molecular flexibility index (Phi) is 5.26. The van der Waals surface area contributed by atoms with E-state index in [4.69, 9.17) is 16.9 Å². The van der Waals surface area contributed by atoms with Gasteiger partial charge in [-0.05, 0) is 36.5 Å². The molecular weight excluding hydrogens is 308 g/mol. The first-order chi connectivity index (χ1) is 9.94. The molecule has 2 unspecified atom stereocenters. The summed E-state index contributed by atoms with van der Waals surface area (Å²) >= 11 is 5.89. The van der Waals surface area contributed by atoms with Crippen LogP contribution in [0.3, 0.4) is 0 Å². The van der Waals surface area contributed by atoms with Crippen molar-refractivity contribution in [2.45, 2.75) is 37.5 Å². The minimum atomic E-state index is -3.57. The van der Waals surface area contributed by atoms with Gasteiger partial charge in [-0.1, -0.05) is 37.8 Å². The maximum atomic E-state index is 12.3. The molecule has 1 aromatic carbocycles. The third-order valence-corrected chi connectivity index (χ3v) is 5.93. The molecule has 1 N–H and O–H groups in total. The fourth-order valence-corrected chi connectivity index (χ4v) is 4.16. The fraction of sp³-hybridized carbons (Fsp3) is 0.533. The standard InChI is InChI=1S/C15H19ClN2O2S/c1-11-4-2-3-5-13(11)10-18-21(19,20)14-7-6-12(9-17)15(16)8-14/h6-8,11,13,18H,2-5,10H2,1H3. The quantitative estimate of drug-likeness (QED) is 0.922. The summed E-state index contributed by atoms with van der Waals surface area (Å²) in [6.07, 6.45) is 4.63. The first kappa shape index (κ1) is 16.3. The largest absolute Gasteiger partial charge is 0.240 e. The van der Waals surface area contributed by atoms with E-state index >= 15 is 0 Å². The van der Waals surface area contributed by atoms with Crippen molar-refractivity contribution in [2.75, 3.05) is 6.54 Å². The van der Waals surface area contributed by atoms with Crippen LogP contribution in [-0.4, -0.2) is 15.0 Å². The van der Waals surface area contributed by atoms with E-state index in [1.165, 1.54) is 31.0 Å². The highest BCUT2D eigenvalue weighted by Gasteiger charge is 2.24.